The Morgan fingerprint density at radius 3 is 2.89 bits per heavy atom. The Morgan fingerprint density at radius 2 is 2.37 bits per heavy atom. The fraction of sp³-hybridized carbons (Fsp3) is 0.455. The summed E-state index contributed by atoms with van der Waals surface area (Å²) in [6, 6.07) is 0. The first-order chi connectivity index (χ1) is 8.91. The molecule has 1 saturated heterocycles. The summed E-state index contributed by atoms with van der Waals surface area (Å²) in [5.41, 5.74) is -2.90. The van der Waals surface area contributed by atoms with Crippen LogP contribution in [-0.4, -0.2) is 38.1 Å². The molecule has 8 heteroatoms. The molecule has 1 fully saturated rings. The summed E-state index contributed by atoms with van der Waals surface area (Å²) < 4.78 is 6.60. The summed E-state index contributed by atoms with van der Waals surface area (Å²) in [5, 5.41) is 19.2. The van der Waals surface area contributed by atoms with Gasteiger partial charge in [0.05, 0.1) is 11.1 Å². The van der Waals surface area contributed by atoms with E-state index >= 15 is 0 Å². The van der Waals surface area contributed by atoms with Crippen LogP contribution in [0.2, 0.25) is 0 Å². The molecule has 3 atom stereocenters. The Morgan fingerprint density at radius 1 is 1.68 bits per heavy atom. The number of aromatic amines is 1. The Labute approximate surface area is 116 Å². The van der Waals surface area contributed by atoms with Crippen molar-refractivity contribution in [1.29, 1.82) is 0 Å². The molecule has 1 aliphatic heterocycles. The molecular formula is C11H11BrN2O5. The lowest BCUT2D eigenvalue weighted by molar-refractivity contribution is -0.0624. The van der Waals surface area contributed by atoms with E-state index in [4.69, 9.17) is 16.3 Å². The molecule has 0 amide bonds. The molecule has 102 valence electrons. The number of hydrogen-bond acceptors (Lipinski definition) is 5. The molecule has 1 aromatic rings. The highest BCUT2D eigenvalue weighted by atomic mass is 79.9. The van der Waals surface area contributed by atoms with E-state index in [0.717, 1.165) is 4.57 Å². The lowest BCUT2D eigenvalue weighted by Crippen LogP contribution is -2.38. The summed E-state index contributed by atoms with van der Waals surface area (Å²) in [6.45, 7) is -0.476. The van der Waals surface area contributed by atoms with Gasteiger partial charge < -0.3 is 14.9 Å². The van der Waals surface area contributed by atoms with Crippen LogP contribution in [-0.2, 0) is 4.74 Å². The predicted octanol–water partition coefficient (Wildman–Crippen LogP) is -1.06. The van der Waals surface area contributed by atoms with Crippen LogP contribution in [0.3, 0.4) is 0 Å². The van der Waals surface area contributed by atoms with Crippen molar-refractivity contribution >= 4 is 15.9 Å². The van der Waals surface area contributed by atoms with E-state index < -0.39 is 35.8 Å². The van der Waals surface area contributed by atoms with Gasteiger partial charge in [0.25, 0.3) is 5.56 Å². The van der Waals surface area contributed by atoms with Crippen LogP contribution in [0.5, 0.6) is 0 Å². The van der Waals surface area contributed by atoms with Crippen LogP contribution in [0.1, 0.15) is 12.6 Å². The molecule has 3 N–H and O–H groups in total. The average Bonchev–Trinajstić information content (AvgIpc) is 2.71. The van der Waals surface area contributed by atoms with Crippen molar-refractivity contribution < 1.29 is 14.9 Å². The number of aliphatic hydroxyl groups excluding tert-OH is 1. The van der Waals surface area contributed by atoms with E-state index in [1.807, 2.05) is 0 Å². The number of halogens is 1. The standard InChI is InChI=1S/C11H11BrN2O5/c1-2-11(18)3-8(19-7(11)5-15)14-4-6(12)9(16)13-10(14)17/h1,4,7-8,15,18H,3,5H2,(H,13,16,17)/t7-,8-,11+/m1/s1. The predicted molar refractivity (Wildman–Crippen MR) is 68.4 cm³/mol. The van der Waals surface area contributed by atoms with Gasteiger partial charge in [-0.05, 0) is 15.9 Å². The molecular weight excluding hydrogens is 320 g/mol. The van der Waals surface area contributed by atoms with E-state index in [-0.39, 0.29) is 10.9 Å². The first-order valence-corrected chi connectivity index (χ1v) is 6.18. The van der Waals surface area contributed by atoms with E-state index in [1.54, 1.807) is 0 Å². The normalized spacial score (nSPS) is 30.2. The Hall–Kier alpha value is -1.40. The maximum absolute atomic E-state index is 11.7. The zero-order valence-electron chi connectivity index (χ0n) is 9.67. The molecule has 2 heterocycles. The Bertz CT molecular complexity index is 646. The minimum atomic E-state index is -1.65. The summed E-state index contributed by atoms with van der Waals surface area (Å²) in [6.07, 6.45) is 4.56. The first-order valence-electron chi connectivity index (χ1n) is 5.38. The summed E-state index contributed by atoms with van der Waals surface area (Å²) in [7, 11) is 0. The maximum atomic E-state index is 11.7. The lowest BCUT2D eigenvalue weighted by atomic mass is 9.96. The zero-order valence-corrected chi connectivity index (χ0v) is 11.3. The molecule has 1 aliphatic rings. The summed E-state index contributed by atoms with van der Waals surface area (Å²) in [5.74, 6) is 2.16. The van der Waals surface area contributed by atoms with Crippen LogP contribution in [0.15, 0.2) is 20.3 Å². The topological polar surface area (TPSA) is 105 Å². The second-order valence-corrected chi connectivity index (χ2v) is 5.03. The van der Waals surface area contributed by atoms with Gasteiger partial charge in [-0.25, -0.2) is 4.79 Å². The van der Waals surface area contributed by atoms with E-state index in [9.17, 15) is 14.7 Å². The number of nitrogens with zero attached hydrogens (tertiary/aromatic N) is 1. The van der Waals surface area contributed by atoms with Gasteiger partial charge in [-0.1, -0.05) is 5.92 Å². The van der Waals surface area contributed by atoms with Crippen molar-refractivity contribution in [2.24, 2.45) is 0 Å². The molecule has 0 aromatic carbocycles. The van der Waals surface area contributed by atoms with Crippen LogP contribution < -0.4 is 11.2 Å². The molecule has 7 nitrogen and oxygen atoms in total. The first kappa shape index (κ1) is 14.0. The number of nitrogens with one attached hydrogen (secondary N) is 1. The molecule has 0 spiro atoms. The number of ether oxygens (including phenoxy) is 1. The highest BCUT2D eigenvalue weighted by Crippen LogP contribution is 2.35. The summed E-state index contributed by atoms with van der Waals surface area (Å²) >= 11 is 2.99. The third kappa shape index (κ3) is 2.37. The van der Waals surface area contributed by atoms with Crippen molar-refractivity contribution in [1.82, 2.24) is 9.55 Å². The minimum Gasteiger partial charge on any atom is -0.394 e. The van der Waals surface area contributed by atoms with Crippen molar-refractivity contribution in [3.63, 3.8) is 0 Å². The quantitative estimate of drug-likeness (QED) is 0.600. The van der Waals surface area contributed by atoms with Gasteiger partial charge in [0.1, 0.15) is 12.3 Å². The maximum Gasteiger partial charge on any atom is 0.330 e. The van der Waals surface area contributed by atoms with Gasteiger partial charge in [0.2, 0.25) is 0 Å². The van der Waals surface area contributed by atoms with Gasteiger partial charge in [0, 0.05) is 12.6 Å². The smallest absolute Gasteiger partial charge is 0.330 e. The number of hydrogen-bond donors (Lipinski definition) is 3. The zero-order chi connectivity index (χ0) is 14.2. The third-order valence-electron chi connectivity index (χ3n) is 2.99. The van der Waals surface area contributed by atoms with Crippen LogP contribution in [0.4, 0.5) is 0 Å². The van der Waals surface area contributed by atoms with Crippen molar-refractivity contribution in [2.75, 3.05) is 6.61 Å². The number of rotatable bonds is 2. The highest BCUT2D eigenvalue weighted by molar-refractivity contribution is 9.10. The van der Waals surface area contributed by atoms with E-state index in [2.05, 4.69) is 26.8 Å². The van der Waals surface area contributed by atoms with E-state index in [1.165, 1.54) is 6.20 Å². The molecule has 0 bridgehead atoms. The molecule has 2 rings (SSSR count). The van der Waals surface area contributed by atoms with Crippen molar-refractivity contribution in [3.05, 3.63) is 31.5 Å². The monoisotopic (exact) mass is 330 g/mol. The van der Waals surface area contributed by atoms with Gasteiger partial charge in [0.15, 0.2) is 5.60 Å². The van der Waals surface area contributed by atoms with Crippen LogP contribution in [0, 0.1) is 12.3 Å². The molecule has 19 heavy (non-hydrogen) atoms. The van der Waals surface area contributed by atoms with Crippen LogP contribution >= 0.6 is 15.9 Å². The SMILES string of the molecule is C#C[C@]1(O)C[C@H](n2cc(Br)c(=O)[nH]c2=O)O[C@@H]1CO. The molecule has 0 radical (unpaired) electrons. The van der Waals surface area contributed by atoms with E-state index in [0.29, 0.717) is 0 Å². The second-order valence-electron chi connectivity index (χ2n) is 4.18. The molecule has 1 aromatic heterocycles. The fourth-order valence-electron chi connectivity index (χ4n) is 1.93. The van der Waals surface area contributed by atoms with Crippen molar-refractivity contribution in [3.8, 4) is 12.3 Å². The lowest BCUT2D eigenvalue weighted by Gasteiger charge is -2.19. The third-order valence-corrected chi connectivity index (χ3v) is 3.56. The molecule has 0 unspecified atom stereocenters. The highest BCUT2D eigenvalue weighted by Gasteiger charge is 2.47. The minimum absolute atomic E-state index is 0.0624. The van der Waals surface area contributed by atoms with Crippen LogP contribution in [0.25, 0.3) is 0 Å². The number of aromatic nitrogens is 2. The average molecular weight is 331 g/mol. The Balaban J connectivity index is 2.41. The number of aliphatic hydroxyl groups is 2. The number of terminal acetylenes is 1. The van der Waals surface area contributed by atoms with Gasteiger partial charge in [-0.15, -0.1) is 6.42 Å². The van der Waals surface area contributed by atoms with Gasteiger partial charge >= 0.3 is 5.69 Å². The second kappa shape index (κ2) is 4.94. The summed E-state index contributed by atoms with van der Waals surface area (Å²) in [4.78, 5) is 25.0. The largest absolute Gasteiger partial charge is 0.394 e. The van der Waals surface area contributed by atoms with Gasteiger partial charge in [-0.3, -0.25) is 14.3 Å². The Kier molecular flexibility index (Phi) is 3.64. The van der Waals surface area contributed by atoms with Gasteiger partial charge in [-0.2, -0.15) is 0 Å². The molecule has 0 saturated carbocycles. The van der Waals surface area contributed by atoms with Crippen molar-refractivity contribution in [2.45, 2.75) is 24.4 Å². The molecule has 0 aliphatic carbocycles. The fourth-order valence-corrected chi connectivity index (χ4v) is 2.25. The number of H-pyrrole nitrogens is 1.